The van der Waals surface area contributed by atoms with Crippen LogP contribution < -0.4 is 5.32 Å². The highest BCUT2D eigenvalue weighted by atomic mass is 79.9. The predicted molar refractivity (Wildman–Crippen MR) is 90.6 cm³/mol. The molecular weight excluding hydrogens is 373 g/mol. The van der Waals surface area contributed by atoms with Crippen LogP contribution in [0.3, 0.4) is 0 Å². The molecule has 1 atom stereocenters. The Balaban J connectivity index is 1.95. The minimum absolute atomic E-state index is 0.00908. The molecule has 0 saturated carbocycles. The van der Waals surface area contributed by atoms with E-state index < -0.39 is 0 Å². The van der Waals surface area contributed by atoms with Crippen molar-refractivity contribution in [3.63, 3.8) is 0 Å². The number of alkyl halides is 1. The molecule has 2 aromatic rings. The molecule has 2 nitrogen and oxygen atoms in total. The third-order valence-corrected chi connectivity index (χ3v) is 5.14. The maximum Gasteiger partial charge on any atom is 0.224 e. The molecule has 0 saturated heterocycles. The summed E-state index contributed by atoms with van der Waals surface area (Å²) in [5, 5.41) is 4.14. The Morgan fingerprint density at radius 1 is 1.10 bits per heavy atom. The zero-order chi connectivity index (χ0) is 15.0. The molecule has 2 aromatic carbocycles. The molecule has 1 amide bonds. The van der Waals surface area contributed by atoms with E-state index in [0.717, 1.165) is 28.8 Å². The lowest BCUT2D eigenvalue weighted by molar-refractivity contribution is -0.116. The van der Waals surface area contributed by atoms with Crippen LogP contribution in [-0.4, -0.2) is 5.91 Å². The van der Waals surface area contributed by atoms with Gasteiger partial charge in [0.1, 0.15) is 0 Å². The number of aryl methyl sites for hydroxylation is 1. The molecule has 21 heavy (non-hydrogen) atoms. The monoisotopic (exact) mass is 383 g/mol. The number of nitrogens with one attached hydrogen (secondary N) is 1. The van der Waals surface area contributed by atoms with Gasteiger partial charge < -0.3 is 5.32 Å². The molecule has 1 N–H and O–H groups in total. The largest absolute Gasteiger partial charge is 0.326 e. The second kappa shape index (κ2) is 5.99. The first-order chi connectivity index (χ1) is 10.0. The van der Waals surface area contributed by atoms with E-state index in [1.54, 1.807) is 6.07 Å². The molecular formula is C16H12BrCl2NO. The Morgan fingerprint density at radius 2 is 1.90 bits per heavy atom. The van der Waals surface area contributed by atoms with E-state index in [4.69, 9.17) is 23.2 Å². The Morgan fingerprint density at radius 3 is 2.67 bits per heavy atom. The number of halogens is 3. The maximum absolute atomic E-state index is 11.4. The summed E-state index contributed by atoms with van der Waals surface area (Å²) in [7, 11) is 0. The lowest BCUT2D eigenvalue weighted by Gasteiger charge is -2.20. The average molecular weight is 385 g/mol. The van der Waals surface area contributed by atoms with Gasteiger partial charge >= 0.3 is 0 Å². The normalized spacial score (nSPS) is 15.3. The average Bonchev–Trinajstić information content (AvgIpc) is 2.46. The van der Waals surface area contributed by atoms with Gasteiger partial charge in [-0.2, -0.15) is 0 Å². The predicted octanol–water partition coefficient (Wildman–Crippen LogP) is 5.36. The number of rotatable bonds is 2. The van der Waals surface area contributed by atoms with Crippen molar-refractivity contribution < 1.29 is 4.79 Å². The van der Waals surface area contributed by atoms with Crippen LogP contribution in [-0.2, 0) is 11.2 Å². The third-order valence-electron chi connectivity index (χ3n) is 3.55. The standard InChI is InChI=1S/C16H12BrCl2NO/c17-16(12-4-3-11(18)8-13(12)19)10-1-5-14-9(7-10)2-6-15(21)20-14/h1,3-5,7-8,16H,2,6H2,(H,20,21). The number of hydrogen-bond donors (Lipinski definition) is 1. The molecule has 0 fully saturated rings. The van der Waals surface area contributed by atoms with Crippen molar-refractivity contribution in [2.45, 2.75) is 17.7 Å². The maximum atomic E-state index is 11.4. The molecule has 5 heteroatoms. The van der Waals surface area contributed by atoms with Crippen LogP contribution in [0, 0.1) is 0 Å². The molecule has 0 aromatic heterocycles. The first-order valence-corrected chi connectivity index (χ1v) is 8.23. The number of benzene rings is 2. The van der Waals surface area contributed by atoms with Gasteiger partial charge in [0.05, 0.1) is 4.83 Å². The molecule has 1 aliphatic rings. The molecule has 1 unspecified atom stereocenters. The number of carbonyl (C=O) groups excluding carboxylic acids is 1. The summed E-state index contributed by atoms with van der Waals surface area (Å²) in [5.41, 5.74) is 4.13. The van der Waals surface area contributed by atoms with Crippen LogP contribution in [0.15, 0.2) is 36.4 Å². The summed E-state index contributed by atoms with van der Waals surface area (Å²) >= 11 is 15.9. The van der Waals surface area contributed by atoms with Gasteiger partial charge in [-0.3, -0.25) is 4.79 Å². The fraction of sp³-hybridized carbons (Fsp3) is 0.188. The van der Waals surface area contributed by atoms with Crippen molar-refractivity contribution in [1.82, 2.24) is 0 Å². The minimum atomic E-state index is -0.00908. The lowest BCUT2D eigenvalue weighted by atomic mass is 9.97. The van der Waals surface area contributed by atoms with Crippen LogP contribution in [0.25, 0.3) is 0 Å². The fourth-order valence-corrected chi connectivity index (χ4v) is 3.78. The highest BCUT2D eigenvalue weighted by Gasteiger charge is 2.19. The van der Waals surface area contributed by atoms with E-state index in [1.165, 1.54) is 0 Å². The summed E-state index contributed by atoms with van der Waals surface area (Å²) in [5.74, 6) is 0.0754. The highest BCUT2D eigenvalue weighted by molar-refractivity contribution is 9.09. The summed E-state index contributed by atoms with van der Waals surface area (Å²) in [6, 6.07) is 11.5. The smallest absolute Gasteiger partial charge is 0.224 e. The van der Waals surface area contributed by atoms with Crippen LogP contribution in [0.1, 0.15) is 27.9 Å². The molecule has 0 bridgehead atoms. The van der Waals surface area contributed by atoms with E-state index in [1.807, 2.05) is 24.3 Å². The SMILES string of the molecule is O=C1CCc2cc(C(Br)c3ccc(Cl)cc3Cl)ccc2N1. The first-order valence-electron chi connectivity index (χ1n) is 6.56. The minimum Gasteiger partial charge on any atom is -0.326 e. The Labute approximate surface area is 141 Å². The molecule has 1 aliphatic heterocycles. The van der Waals surface area contributed by atoms with E-state index in [2.05, 4.69) is 27.3 Å². The topological polar surface area (TPSA) is 29.1 Å². The number of amides is 1. The van der Waals surface area contributed by atoms with Gasteiger partial charge in [0.15, 0.2) is 0 Å². The number of anilines is 1. The zero-order valence-electron chi connectivity index (χ0n) is 11.0. The molecule has 108 valence electrons. The Hall–Kier alpha value is -1.03. The number of fused-ring (bicyclic) bond motifs is 1. The van der Waals surface area contributed by atoms with Gasteiger partial charge in [-0.25, -0.2) is 0 Å². The third kappa shape index (κ3) is 3.10. The summed E-state index contributed by atoms with van der Waals surface area (Å²) < 4.78 is 0. The first kappa shape index (κ1) is 14.9. The lowest BCUT2D eigenvalue weighted by Crippen LogP contribution is -2.19. The van der Waals surface area contributed by atoms with E-state index in [-0.39, 0.29) is 10.7 Å². The molecule has 0 spiro atoms. The van der Waals surface area contributed by atoms with Crippen LogP contribution >= 0.6 is 39.1 Å². The summed E-state index contributed by atoms with van der Waals surface area (Å²) in [6.45, 7) is 0. The quantitative estimate of drug-likeness (QED) is 0.693. The molecule has 0 radical (unpaired) electrons. The molecule has 3 rings (SSSR count). The fourth-order valence-electron chi connectivity index (χ4n) is 2.45. The van der Waals surface area contributed by atoms with Gasteiger partial charge in [0, 0.05) is 22.2 Å². The van der Waals surface area contributed by atoms with Crippen molar-refractivity contribution >= 4 is 50.7 Å². The molecule has 0 aliphatic carbocycles. The van der Waals surface area contributed by atoms with Crippen molar-refractivity contribution in [3.8, 4) is 0 Å². The van der Waals surface area contributed by atoms with Gasteiger partial charge in [-0.05, 0) is 41.3 Å². The Kier molecular flexibility index (Phi) is 4.25. The van der Waals surface area contributed by atoms with Gasteiger partial charge in [-0.1, -0.05) is 57.3 Å². The van der Waals surface area contributed by atoms with E-state index in [0.29, 0.717) is 16.5 Å². The van der Waals surface area contributed by atoms with Crippen LogP contribution in [0.5, 0.6) is 0 Å². The van der Waals surface area contributed by atoms with Gasteiger partial charge in [0.25, 0.3) is 0 Å². The van der Waals surface area contributed by atoms with E-state index in [9.17, 15) is 4.79 Å². The second-order valence-electron chi connectivity index (χ2n) is 4.99. The van der Waals surface area contributed by atoms with Crippen LogP contribution in [0.4, 0.5) is 5.69 Å². The van der Waals surface area contributed by atoms with Gasteiger partial charge in [0.2, 0.25) is 5.91 Å². The summed E-state index contributed by atoms with van der Waals surface area (Å²) in [6.07, 6.45) is 1.30. The highest BCUT2D eigenvalue weighted by Crippen LogP contribution is 2.38. The second-order valence-corrected chi connectivity index (χ2v) is 6.75. The van der Waals surface area contributed by atoms with Crippen molar-refractivity contribution in [3.05, 3.63) is 63.1 Å². The number of hydrogen-bond acceptors (Lipinski definition) is 1. The van der Waals surface area contributed by atoms with Crippen molar-refractivity contribution in [2.75, 3.05) is 5.32 Å². The summed E-state index contributed by atoms with van der Waals surface area (Å²) in [4.78, 5) is 11.4. The zero-order valence-corrected chi connectivity index (χ0v) is 14.1. The number of carbonyl (C=O) groups is 1. The molecule has 1 heterocycles. The Bertz CT molecular complexity index is 717. The van der Waals surface area contributed by atoms with Crippen LogP contribution in [0.2, 0.25) is 10.0 Å². The van der Waals surface area contributed by atoms with Gasteiger partial charge in [-0.15, -0.1) is 0 Å². The van der Waals surface area contributed by atoms with E-state index >= 15 is 0 Å². The van der Waals surface area contributed by atoms with Crippen molar-refractivity contribution in [1.29, 1.82) is 0 Å². The van der Waals surface area contributed by atoms with Crippen molar-refractivity contribution in [2.24, 2.45) is 0 Å².